The van der Waals surface area contributed by atoms with Crippen LogP contribution in [0.2, 0.25) is 10.0 Å². The summed E-state index contributed by atoms with van der Waals surface area (Å²) in [4.78, 5) is 17.7. The third-order valence-electron chi connectivity index (χ3n) is 9.08. The van der Waals surface area contributed by atoms with E-state index in [1.807, 2.05) is 0 Å². The number of ether oxygens (including phenoxy) is 1. The fourth-order valence-corrected chi connectivity index (χ4v) is 6.73. The molecule has 0 unspecified atom stereocenters. The van der Waals surface area contributed by atoms with E-state index in [-0.39, 0.29) is 16.9 Å². The van der Waals surface area contributed by atoms with E-state index in [1.54, 1.807) is 31.4 Å². The summed E-state index contributed by atoms with van der Waals surface area (Å²) in [5.41, 5.74) is 4.65. The van der Waals surface area contributed by atoms with Crippen LogP contribution in [0, 0.1) is 5.41 Å². The van der Waals surface area contributed by atoms with Crippen molar-refractivity contribution in [2.75, 3.05) is 14.1 Å². The van der Waals surface area contributed by atoms with Gasteiger partial charge in [-0.25, -0.2) is 0 Å². The molecule has 1 amide bonds. The molecule has 2 aromatic heterocycles. The second kappa shape index (κ2) is 11.0. The Morgan fingerprint density at radius 3 is 2.30 bits per heavy atom. The van der Waals surface area contributed by atoms with Gasteiger partial charge in [0, 0.05) is 43.5 Å². The number of aromatic nitrogens is 2. The lowest BCUT2D eigenvalue weighted by atomic mass is 9.58. The zero-order chi connectivity index (χ0) is 27.9. The Morgan fingerprint density at radius 2 is 1.70 bits per heavy atom. The Hall–Kier alpha value is -2.67. The number of nitrogens with zero attached hydrogens (tertiary/aromatic N) is 3. The van der Waals surface area contributed by atoms with Gasteiger partial charge in [0.1, 0.15) is 11.5 Å². The number of fused-ring (bicyclic) bond motifs is 3. The van der Waals surface area contributed by atoms with Crippen molar-refractivity contribution in [3.63, 3.8) is 0 Å². The minimum absolute atomic E-state index is 0.114. The average molecular weight is 581 g/mol. The fraction of sp³-hybridized carbons (Fsp3) is 0.469. The maximum Gasteiger partial charge on any atom is 0.226 e. The summed E-state index contributed by atoms with van der Waals surface area (Å²) in [5.74, 6) is 1.43. The largest absolute Gasteiger partial charge is 0.370 e. The number of rotatable bonds is 9. The van der Waals surface area contributed by atoms with Gasteiger partial charge in [-0.2, -0.15) is 0 Å². The minimum Gasteiger partial charge on any atom is -0.370 e. The number of allylic oxidation sites excluding steroid dienone is 1. The lowest BCUT2D eigenvalue weighted by Crippen LogP contribution is -2.46. The maximum absolute atomic E-state index is 12.0. The molecular formula is C32H35Cl2N3O3. The van der Waals surface area contributed by atoms with Gasteiger partial charge in [0.2, 0.25) is 5.91 Å². The lowest BCUT2D eigenvalue weighted by Gasteiger charge is -2.52. The first-order valence-electron chi connectivity index (χ1n) is 14.2. The van der Waals surface area contributed by atoms with Crippen molar-refractivity contribution in [3.05, 3.63) is 75.2 Å². The molecule has 7 rings (SSSR count). The van der Waals surface area contributed by atoms with Crippen LogP contribution in [0.15, 0.2) is 47.3 Å². The van der Waals surface area contributed by atoms with Crippen molar-refractivity contribution in [1.82, 2.24) is 15.0 Å². The van der Waals surface area contributed by atoms with Gasteiger partial charge in [0.15, 0.2) is 0 Å². The van der Waals surface area contributed by atoms with Gasteiger partial charge in [0.25, 0.3) is 0 Å². The van der Waals surface area contributed by atoms with Crippen LogP contribution in [0.1, 0.15) is 79.7 Å². The van der Waals surface area contributed by atoms with Gasteiger partial charge in [-0.05, 0) is 67.9 Å². The number of likely N-dealkylation sites (N-methyl/N-ethyl adjacent to an activating group) is 1. The highest BCUT2D eigenvalue weighted by molar-refractivity contribution is 6.38. The third kappa shape index (κ3) is 5.59. The molecule has 4 saturated carbocycles. The Bertz CT molecular complexity index is 1380. The SMILES string of the molecule is CN(C)C(=O)Cc1ccc(C=CC23CCC(OCc4c(-c5c(Cl)cncc5Cl)noc4C4CC4)(CC2)CC3)cc1. The van der Waals surface area contributed by atoms with E-state index in [0.29, 0.717) is 40.2 Å². The first kappa shape index (κ1) is 27.5. The standard InChI is InChI=1S/C32H35Cl2N3O3/c1-37(2)27(38)17-22-5-3-21(4-6-22)9-10-31-11-14-32(15-12-31,16-13-31)39-20-24-29(36-40-30(24)23-7-8-23)28-25(33)18-35-19-26(28)34/h3-6,9-10,18-19,23H,7-8,11-17,20H2,1-2H3. The quantitative estimate of drug-likeness (QED) is 0.258. The molecule has 0 N–H and O–H groups in total. The highest BCUT2D eigenvalue weighted by atomic mass is 35.5. The maximum atomic E-state index is 12.0. The zero-order valence-corrected chi connectivity index (χ0v) is 24.6. The molecule has 0 atom stereocenters. The summed E-state index contributed by atoms with van der Waals surface area (Å²) in [5, 5.41) is 5.33. The minimum atomic E-state index is -0.114. The lowest BCUT2D eigenvalue weighted by molar-refractivity contribution is -0.133. The van der Waals surface area contributed by atoms with E-state index in [9.17, 15) is 4.79 Å². The Labute approximate surface area is 245 Å². The molecule has 1 aromatic carbocycles. The zero-order valence-electron chi connectivity index (χ0n) is 23.1. The summed E-state index contributed by atoms with van der Waals surface area (Å²) in [6, 6.07) is 8.33. The number of carbonyl (C=O) groups excluding carboxylic acids is 1. The van der Waals surface area contributed by atoms with Gasteiger partial charge in [0.05, 0.1) is 28.7 Å². The highest BCUT2D eigenvalue weighted by Gasteiger charge is 2.48. The van der Waals surface area contributed by atoms with Gasteiger partial charge in [-0.3, -0.25) is 9.78 Å². The van der Waals surface area contributed by atoms with Gasteiger partial charge in [-0.15, -0.1) is 0 Å². The van der Waals surface area contributed by atoms with Crippen LogP contribution in [-0.4, -0.2) is 40.6 Å². The molecule has 2 bridgehead atoms. The van der Waals surface area contributed by atoms with Crippen LogP contribution >= 0.6 is 23.2 Å². The normalized spacial score (nSPS) is 24.1. The smallest absolute Gasteiger partial charge is 0.226 e. The van der Waals surface area contributed by atoms with Gasteiger partial charge in [-0.1, -0.05) is 64.8 Å². The van der Waals surface area contributed by atoms with Crippen LogP contribution in [-0.2, 0) is 22.6 Å². The highest BCUT2D eigenvalue weighted by Crippen LogP contribution is 2.55. The number of hydrogen-bond acceptors (Lipinski definition) is 5. The van der Waals surface area contributed by atoms with Gasteiger partial charge < -0.3 is 14.2 Å². The van der Waals surface area contributed by atoms with Crippen LogP contribution in [0.5, 0.6) is 0 Å². The summed E-state index contributed by atoms with van der Waals surface area (Å²) < 4.78 is 12.6. The molecule has 0 spiro atoms. The summed E-state index contributed by atoms with van der Waals surface area (Å²) >= 11 is 13.0. The average Bonchev–Trinajstić information content (AvgIpc) is 3.72. The summed E-state index contributed by atoms with van der Waals surface area (Å²) in [6.07, 6.45) is 17.0. The molecule has 0 aliphatic heterocycles. The number of halogens is 2. The predicted octanol–water partition coefficient (Wildman–Crippen LogP) is 7.87. The molecular weight excluding hydrogens is 545 g/mol. The van der Waals surface area contributed by atoms with Crippen molar-refractivity contribution in [3.8, 4) is 11.3 Å². The van der Waals surface area contributed by atoms with Crippen molar-refractivity contribution < 1.29 is 14.1 Å². The molecule has 4 aliphatic carbocycles. The van der Waals surface area contributed by atoms with Crippen molar-refractivity contribution >= 4 is 35.2 Å². The molecule has 40 heavy (non-hydrogen) atoms. The number of amides is 1. The van der Waals surface area contributed by atoms with Crippen LogP contribution < -0.4 is 0 Å². The molecule has 4 fully saturated rings. The van der Waals surface area contributed by atoms with E-state index in [0.717, 1.165) is 68.3 Å². The molecule has 8 heteroatoms. The fourth-order valence-electron chi connectivity index (χ4n) is 6.19. The van der Waals surface area contributed by atoms with E-state index < -0.39 is 0 Å². The van der Waals surface area contributed by atoms with Crippen LogP contribution in [0.25, 0.3) is 17.3 Å². The van der Waals surface area contributed by atoms with Gasteiger partial charge >= 0.3 is 0 Å². The molecule has 3 aromatic rings. The Morgan fingerprint density at radius 1 is 1.05 bits per heavy atom. The number of benzene rings is 1. The Kier molecular flexibility index (Phi) is 7.53. The number of carbonyl (C=O) groups is 1. The van der Waals surface area contributed by atoms with E-state index in [2.05, 4.69) is 46.6 Å². The second-order valence-electron chi connectivity index (χ2n) is 12.0. The summed E-state index contributed by atoms with van der Waals surface area (Å²) in [6.45, 7) is 0.450. The molecule has 6 nitrogen and oxygen atoms in total. The van der Waals surface area contributed by atoms with Crippen molar-refractivity contribution in [1.29, 1.82) is 0 Å². The van der Waals surface area contributed by atoms with Crippen molar-refractivity contribution in [2.24, 2.45) is 5.41 Å². The van der Waals surface area contributed by atoms with E-state index in [4.69, 9.17) is 32.5 Å². The van der Waals surface area contributed by atoms with Crippen molar-refractivity contribution in [2.45, 2.75) is 75.9 Å². The molecule has 4 aliphatic rings. The monoisotopic (exact) mass is 579 g/mol. The third-order valence-corrected chi connectivity index (χ3v) is 9.65. The number of pyridine rings is 1. The first-order valence-corrected chi connectivity index (χ1v) is 14.9. The molecule has 2 heterocycles. The molecule has 0 radical (unpaired) electrons. The molecule has 210 valence electrons. The van der Waals surface area contributed by atoms with E-state index in [1.165, 1.54) is 5.56 Å². The Balaban J connectivity index is 1.11. The molecule has 0 saturated heterocycles. The first-order chi connectivity index (χ1) is 19.3. The predicted molar refractivity (Wildman–Crippen MR) is 157 cm³/mol. The topological polar surface area (TPSA) is 68.5 Å². The van der Waals surface area contributed by atoms with E-state index >= 15 is 0 Å². The summed E-state index contributed by atoms with van der Waals surface area (Å²) in [7, 11) is 3.58. The number of hydrogen-bond donors (Lipinski definition) is 0. The second-order valence-corrected chi connectivity index (χ2v) is 12.8. The van der Waals surface area contributed by atoms with Crippen LogP contribution in [0.3, 0.4) is 0 Å². The van der Waals surface area contributed by atoms with Crippen LogP contribution in [0.4, 0.5) is 0 Å².